The fourth-order valence-electron chi connectivity index (χ4n) is 2.46. The summed E-state index contributed by atoms with van der Waals surface area (Å²) in [6.07, 6.45) is 6.45. The second-order valence-electron chi connectivity index (χ2n) is 5.03. The number of nitrogens with one attached hydrogen (secondary N) is 1. The van der Waals surface area contributed by atoms with E-state index < -0.39 is 0 Å². The lowest BCUT2D eigenvalue weighted by molar-refractivity contribution is 0.144. The molecule has 0 saturated heterocycles. The number of hydrogen-bond acceptors (Lipinski definition) is 3. The maximum atomic E-state index is 5.35. The molecule has 1 aliphatic carbocycles. The van der Waals surface area contributed by atoms with Gasteiger partial charge in [-0.15, -0.1) is 11.3 Å². The summed E-state index contributed by atoms with van der Waals surface area (Å²) in [7, 11) is 0. The van der Waals surface area contributed by atoms with Crippen LogP contribution in [0.1, 0.15) is 54.5 Å². The highest BCUT2D eigenvalue weighted by Crippen LogP contribution is 2.32. The van der Waals surface area contributed by atoms with Crippen LogP contribution in [0.15, 0.2) is 6.07 Å². The van der Waals surface area contributed by atoms with E-state index >= 15 is 0 Å². The average Bonchev–Trinajstić information content (AvgIpc) is 2.82. The Bertz CT molecular complexity index is 338. The van der Waals surface area contributed by atoms with Gasteiger partial charge in [-0.25, -0.2) is 0 Å². The van der Waals surface area contributed by atoms with Gasteiger partial charge in [-0.1, -0.05) is 0 Å². The molecular weight excluding hydrogens is 242 g/mol. The summed E-state index contributed by atoms with van der Waals surface area (Å²) in [6, 6.07) is 2.92. The predicted octanol–water partition coefficient (Wildman–Crippen LogP) is 3.70. The number of hydrogen-bond donors (Lipinski definition) is 1. The smallest absolute Gasteiger partial charge is 0.0477 e. The highest BCUT2D eigenvalue weighted by molar-refractivity contribution is 7.12. The topological polar surface area (TPSA) is 21.3 Å². The molecule has 3 heteroatoms. The van der Waals surface area contributed by atoms with Gasteiger partial charge in [-0.2, -0.15) is 0 Å². The van der Waals surface area contributed by atoms with Crippen LogP contribution in [0.3, 0.4) is 0 Å². The molecule has 0 saturated carbocycles. The monoisotopic (exact) mass is 267 g/mol. The Labute approximate surface area is 115 Å². The van der Waals surface area contributed by atoms with Crippen molar-refractivity contribution in [2.75, 3.05) is 19.8 Å². The zero-order valence-electron chi connectivity index (χ0n) is 11.6. The average molecular weight is 267 g/mol. The molecule has 1 heterocycles. The summed E-state index contributed by atoms with van der Waals surface area (Å²) in [5.41, 5.74) is 1.62. The molecule has 2 nitrogen and oxygen atoms in total. The van der Waals surface area contributed by atoms with Gasteiger partial charge in [0.1, 0.15) is 0 Å². The number of rotatable bonds is 7. The van der Waals surface area contributed by atoms with Crippen LogP contribution >= 0.6 is 11.3 Å². The number of thiophene rings is 1. The van der Waals surface area contributed by atoms with Crippen molar-refractivity contribution in [2.45, 2.75) is 52.0 Å². The zero-order valence-corrected chi connectivity index (χ0v) is 12.4. The maximum Gasteiger partial charge on any atom is 0.0477 e. The highest BCUT2D eigenvalue weighted by Gasteiger charge is 2.16. The molecule has 1 atom stereocenters. The zero-order chi connectivity index (χ0) is 12.8. The van der Waals surface area contributed by atoms with Crippen LogP contribution in [0, 0.1) is 0 Å². The Morgan fingerprint density at radius 3 is 3.00 bits per heavy atom. The molecule has 1 aromatic rings. The normalized spacial score (nSPS) is 16.6. The second kappa shape index (κ2) is 7.27. The van der Waals surface area contributed by atoms with Gasteiger partial charge in [-0.05, 0) is 64.1 Å². The first-order chi connectivity index (χ1) is 8.81. The molecule has 0 spiro atoms. The molecule has 0 radical (unpaired) electrons. The first kappa shape index (κ1) is 14.0. The van der Waals surface area contributed by atoms with Crippen molar-refractivity contribution < 1.29 is 4.74 Å². The van der Waals surface area contributed by atoms with Crippen LogP contribution < -0.4 is 5.32 Å². The van der Waals surface area contributed by atoms with Crippen molar-refractivity contribution in [1.82, 2.24) is 5.32 Å². The van der Waals surface area contributed by atoms with Crippen molar-refractivity contribution in [3.05, 3.63) is 21.4 Å². The Morgan fingerprint density at radius 2 is 2.22 bits per heavy atom. The van der Waals surface area contributed by atoms with E-state index in [0.29, 0.717) is 6.04 Å². The third-order valence-electron chi connectivity index (χ3n) is 3.56. The van der Waals surface area contributed by atoms with Crippen molar-refractivity contribution in [3.63, 3.8) is 0 Å². The quantitative estimate of drug-likeness (QED) is 0.761. The van der Waals surface area contributed by atoms with Gasteiger partial charge in [0.25, 0.3) is 0 Å². The summed E-state index contributed by atoms with van der Waals surface area (Å²) in [5, 5.41) is 3.60. The summed E-state index contributed by atoms with van der Waals surface area (Å²) >= 11 is 2.02. The third-order valence-corrected chi connectivity index (χ3v) is 4.98. The fourth-order valence-corrected chi connectivity index (χ4v) is 3.75. The molecule has 18 heavy (non-hydrogen) atoms. The van der Waals surface area contributed by atoms with Crippen LogP contribution in [0.4, 0.5) is 0 Å². The summed E-state index contributed by atoms with van der Waals surface area (Å²) in [6.45, 7) is 7.07. The molecular formula is C15H25NOS. The van der Waals surface area contributed by atoms with Crippen molar-refractivity contribution in [1.29, 1.82) is 0 Å². The van der Waals surface area contributed by atoms with E-state index in [1.54, 1.807) is 10.4 Å². The van der Waals surface area contributed by atoms with Crippen molar-refractivity contribution in [3.8, 4) is 0 Å². The van der Waals surface area contributed by atoms with E-state index in [9.17, 15) is 0 Å². The summed E-state index contributed by atoms with van der Waals surface area (Å²) in [5.74, 6) is 0. The minimum atomic E-state index is 0.488. The predicted molar refractivity (Wildman–Crippen MR) is 78.5 cm³/mol. The maximum absolute atomic E-state index is 5.35. The Hall–Kier alpha value is -0.380. The molecule has 1 N–H and O–H groups in total. The van der Waals surface area contributed by atoms with Crippen LogP contribution in [0.2, 0.25) is 0 Å². The lowest BCUT2D eigenvalue weighted by Gasteiger charge is -2.11. The first-order valence-electron chi connectivity index (χ1n) is 7.24. The third kappa shape index (κ3) is 3.81. The molecule has 0 amide bonds. The van der Waals surface area contributed by atoms with Crippen molar-refractivity contribution in [2.24, 2.45) is 0 Å². The Kier molecular flexibility index (Phi) is 5.67. The minimum absolute atomic E-state index is 0.488. The van der Waals surface area contributed by atoms with Gasteiger partial charge in [-0.3, -0.25) is 0 Å². The number of ether oxygens (including phenoxy) is 1. The van der Waals surface area contributed by atoms with Gasteiger partial charge in [0.2, 0.25) is 0 Å². The van der Waals surface area contributed by atoms with Crippen LogP contribution in [-0.4, -0.2) is 19.8 Å². The van der Waals surface area contributed by atoms with Gasteiger partial charge in [0, 0.05) is 29.0 Å². The van der Waals surface area contributed by atoms with E-state index in [2.05, 4.69) is 18.3 Å². The number of aryl methyl sites for hydroxylation is 2. The van der Waals surface area contributed by atoms with E-state index in [1.807, 2.05) is 18.3 Å². The minimum Gasteiger partial charge on any atom is -0.382 e. The van der Waals surface area contributed by atoms with E-state index in [0.717, 1.165) is 26.2 Å². The van der Waals surface area contributed by atoms with Gasteiger partial charge >= 0.3 is 0 Å². The molecule has 1 aromatic heterocycles. The molecule has 0 aliphatic heterocycles. The van der Waals surface area contributed by atoms with Crippen LogP contribution in [0.25, 0.3) is 0 Å². The van der Waals surface area contributed by atoms with E-state index in [4.69, 9.17) is 4.74 Å². The lowest BCUT2D eigenvalue weighted by atomic mass is 9.99. The highest BCUT2D eigenvalue weighted by atomic mass is 32.1. The molecule has 102 valence electrons. The van der Waals surface area contributed by atoms with Gasteiger partial charge in [0.05, 0.1) is 0 Å². The molecule has 2 rings (SSSR count). The SMILES string of the molecule is CCOCCCNC(C)c1cc2c(s1)CCCC2. The molecule has 1 unspecified atom stereocenters. The van der Waals surface area contributed by atoms with E-state index in [1.165, 1.54) is 30.6 Å². The largest absolute Gasteiger partial charge is 0.382 e. The summed E-state index contributed by atoms with van der Waals surface area (Å²) in [4.78, 5) is 3.15. The first-order valence-corrected chi connectivity index (χ1v) is 8.05. The summed E-state index contributed by atoms with van der Waals surface area (Å²) < 4.78 is 5.35. The van der Waals surface area contributed by atoms with Crippen molar-refractivity contribution >= 4 is 11.3 Å². The van der Waals surface area contributed by atoms with Gasteiger partial charge < -0.3 is 10.1 Å². The molecule has 0 bridgehead atoms. The van der Waals surface area contributed by atoms with Gasteiger partial charge in [0.15, 0.2) is 0 Å². The molecule has 0 fully saturated rings. The second-order valence-corrected chi connectivity index (χ2v) is 6.20. The van der Waals surface area contributed by atoms with E-state index in [-0.39, 0.29) is 0 Å². The van der Waals surface area contributed by atoms with Crippen LogP contribution in [0.5, 0.6) is 0 Å². The number of fused-ring (bicyclic) bond motifs is 1. The molecule has 1 aliphatic rings. The Balaban J connectivity index is 1.78. The lowest BCUT2D eigenvalue weighted by Crippen LogP contribution is -2.20. The standard InChI is InChI=1S/C15H25NOS/c1-3-17-10-6-9-16-12(2)15-11-13-7-4-5-8-14(13)18-15/h11-12,16H,3-10H2,1-2H3. The fraction of sp³-hybridized carbons (Fsp3) is 0.733. The Morgan fingerprint density at radius 1 is 1.39 bits per heavy atom. The van der Waals surface area contributed by atoms with Crippen LogP contribution in [-0.2, 0) is 17.6 Å². The molecule has 0 aromatic carbocycles.